The maximum atomic E-state index is 12.2. The number of carboxylic acid groups (broad SMARTS) is 1. The SMILES string of the molecule is COc1ccc(CCCC(=O)N[C@H](C(=O)O)c2ccccc2)c(OC)c1. The number of carbonyl (C=O) groups excluding carboxylic acids is 1. The van der Waals surface area contributed by atoms with E-state index in [1.54, 1.807) is 50.6 Å². The predicted molar refractivity (Wildman–Crippen MR) is 97.4 cm³/mol. The quantitative estimate of drug-likeness (QED) is 0.721. The van der Waals surface area contributed by atoms with E-state index in [-0.39, 0.29) is 12.3 Å². The zero-order chi connectivity index (χ0) is 18.9. The summed E-state index contributed by atoms with van der Waals surface area (Å²) in [5.41, 5.74) is 1.52. The zero-order valence-electron chi connectivity index (χ0n) is 14.9. The van der Waals surface area contributed by atoms with Crippen LogP contribution in [0.5, 0.6) is 11.5 Å². The van der Waals surface area contributed by atoms with Crippen LogP contribution in [0.2, 0.25) is 0 Å². The Morgan fingerprint density at radius 2 is 1.81 bits per heavy atom. The van der Waals surface area contributed by atoms with Gasteiger partial charge in [-0.2, -0.15) is 0 Å². The number of hydrogen-bond donors (Lipinski definition) is 2. The van der Waals surface area contributed by atoms with Gasteiger partial charge < -0.3 is 19.9 Å². The van der Waals surface area contributed by atoms with Crippen molar-refractivity contribution in [2.45, 2.75) is 25.3 Å². The molecule has 0 bridgehead atoms. The first kappa shape index (κ1) is 19.3. The fourth-order valence-corrected chi connectivity index (χ4v) is 2.66. The Morgan fingerprint density at radius 3 is 2.42 bits per heavy atom. The molecule has 0 aliphatic carbocycles. The highest BCUT2D eigenvalue weighted by atomic mass is 16.5. The van der Waals surface area contributed by atoms with Crippen LogP contribution in [0.25, 0.3) is 0 Å². The Kier molecular flexibility index (Phi) is 7.02. The monoisotopic (exact) mass is 357 g/mol. The molecule has 0 aliphatic heterocycles. The number of hydrogen-bond acceptors (Lipinski definition) is 4. The van der Waals surface area contributed by atoms with Crippen LogP contribution in [-0.4, -0.2) is 31.2 Å². The van der Waals surface area contributed by atoms with Gasteiger partial charge in [-0.05, 0) is 30.0 Å². The molecule has 138 valence electrons. The van der Waals surface area contributed by atoms with Crippen LogP contribution in [0.3, 0.4) is 0 Å². The number of carbonyl (C=O) groups is 2. The van der Waals surface area contributed by atoms with Gasteiger partial charge in [-0.1, -0.05) is 36.4 Å². The maximum Gasteiger partial charge on any atom is 0.330 e. The minimum atomic E-state index is -1.08. The highest BCUT2D eigenvalue weighted by molar-refractivity contribution is 5.84. The molecule has 0 radical (unpaired) electrons. The first-order valence-electron chi connectivity index (χ1n) is 8.33. The molecule has 0 aromatic heterocycles. The van der Waals surface area contributed by atoms with Gasteiger partial charge in [-0.25, -0.2) is 4.79 Å². The molecule has 0 unspecified atom stereocenters. The van der Waals surface area contributed by atoms with Gasteiger partial charge in [0.1, 0.15) is 11.5 Å². The summed E-state index contributed by atoms with van der Waals surface area (Å²) in [6.07, 6.45) is 1.45. The summed E-state index contributed by atoms with van der Waals surface area (Å²) in [4.78, 5) is 23.6. The molecule has 1 atom stereocenters. The third kappa shape index (κ3) is 5.24. The molecule has 0 aliphatic rings. The Balaban J connectivity index is 1.91. The van der Waals surface area contributed by atoms with Crippen molar-refractivity contribution in [1.82, 2.24) is 5.32 Å². The second-order valence-corrected chi connectivity index (χ2v) is 5.78. The summed E-state index contributed by atoms with van der Waals surface area (Å²) in [5.74, 6) is 0.0306. The lowest BCUT2D eigenvalue weighted by atomic mass is 10.0. The number of ether oxygens (including phenoxy) is 2. The number of aliphatic carboxylic acids is 1. The number of methoxy groups -OCH3 is 2. The van der Waals surface area contributed by atoms with E-state index in [9.17, 15) is 14.7 Å². The third-order valence-electron chi connectivity index (χ3n) is 4.03. The van der Waals surface area contributed by atoms with Gasteiger partial charge in [0, 0.05) is 12.5 Å². The topological polar surface area (TPSA) is 84.9 Å². The number of benzene rings is 2. The number of amides is 1. The van der Waals surface area contributed by atoms with Crippen molar-refractivity contribution >= 4 is 11.9 Å². The van der Waals surface area contributed by atoms with Crippen molar-refractivity contribution in [1.29, 1.82) is 0 Å². The summed E-state index contributed by atoms with van der Waals surface area (Å²) in [6, 6.07) is 13.1. The molecule has 0 heterocycles. The lowest BCUT2D eigenvalue weighted by Gasteiger charge is -2.15. The van der Waals surface area contributed by atoms with E-state index in [1.807, 2.05) is 12.1 Å². The second kappa shape index (κ2) is 9.46. The normalized spacial score (nSPS) is 11.5. The fraction of sp³-hybridized carbons (Fsp3) is 0.300. The van der Waals surface area contributed by atoms with Crippen LogP contribution in [0.4, 0.5) is 0 Å². The number of carboxylic acids is 1. The molecular formula is C20H23NO5. The van der Waals surface area contributed by atoms with Crippen LogP contribution in [0, 0.1) is 0 Å². The van der Waals surface area contributed by atoms with Gasteiger partial charge in [-0.3, -0.25) is 4.79 Å². The lowest BCUT2D eigenvalue weighted by Crippen LogP contribution is -2.33. The number of nitrogens with one attached hydrogen (secondary N) is 1. The molecule has 0 saturated heterocycles. The lowest BCUT2D eigenvalue weighted by molar-refractivity contribution is -0.142. The molecule has 2 aromatic carbocycles. The molecule has 0 spiro atoms. The van der Waals surface area contributed by atoms with Gasteiger partial charge in [0.15, 0.2) is 6.04 Å². The second-order valence-electron chi connectivity index (χ2n) is 5.78. The average molecular weight is 357 g/mol. The summed E-state index contributed by atoms with van der Waals surface area (Å²) in [7, 11) is 3.17. The molecular weight excluding hydrogens is 334 g/mol. The number of aryl methyl sites for hydroxylation is 1. The highest BCUT2D eigenvalue weighted by Gasteiger charge is 2.21. The van der Waals surface area contributed by atoms with Crippen LogP contribution >= 0.6 is 0 Å². The smallest absolute Gasteiger partial charge is 0.330 e. The van der Waals surface area contributed by atoms with E-state index >= 15 is 0 Å². The van der Waals surface area contributed by atoms with Gasteiger partial charge in [0.2, 0.25) is 5.91 Å². The summed E-state index contributed by atoms with van der Waals surface area (Å²) >= 11 is 0. The molecule has 2 aromatic rings. The largest absolute Gasteiger partial charge is 0.497 e. The summed E-state index contributed by atoms with van der Waals surface area (Å²) in [6.45, 7) is 0. The minimum absolute atomic E-state index is 0.228. The van der Waals surface area contributed by atoms with Crippen molar-refractivity contribution < 1.29 is 24.2 Å². The highest BCUT2D eigenvalue weighted by Crippen LogP contribution is 2.26. The molecule has 2 N–H and O–H groups in total. The predicted octanol–water partition coefficient (Wildman–Crippen LogP) is 2.97. The van der Waals surface area contributed by atoms with E-state index in [0.717, 1.165) is 5.56 Å². The van der Waals surface area contributed by atoms with E-state index in [2.05, 4.69) is 5.32 Å². The molecule has 6 nitrogen and oxygen atoms in total. The van der Waals surface area contributed by atoms with Crippen molar-refractivity contribution in [2.24, 2.45) is 0 Å². The summed E-state index contributed by atoms with van der Waals surface area (Å²) < 4.78 is 10.5. The fourth-order valence-electron chi connectivity index (χ4n) is 2.66. The first-order valence-corrected chi connectivity index (χ1v) is 8.33. The van der Waals surface area contributed by atoms with Gasteiger partial charge in [-0.15, -0.1) is 0 Å². The number of rotatable bonds is 9. The molecule has 6 heteroatoms. The molecule has 1 amide bonds. The summed E-state index contributed by atoms with van der Waals surface area (Å²) in [5, 5.41) is 11.9. The van der Waals surface area contributed by atoms with Gasteiger partial charge >= 0.3 is 5.97 Å². The van der Waals surface area contributed by atoms with Crippen LogP contribution in [0.15, 0.2) is 48.5 Å². The maximum absolute atomic E-state index is 12.2. The van der Waals surface area contributed by atoms with Crippen LogP contribution < -0.4 is 14.8 Å². The Bertz CT molecular complexity index is 745. The van der Waals surface area contributed by atoms with E-state index in [1.165, 1.54) is 0 Å². The molecule has 0 saturated carbocycles. The van der Waals surface area contributed by atoms with Crippen molar-refractivity contribution in [2.75, 3.05) is 14.2 Å². The van der Waals surface area contributed by atoms with Crippen LogP contribution in [0.1, 0.15) is 30.0 Å². The van der Waals surface area contributed by atoms with Crippen LogP contribution in [-0.2, 0) is 16.0 Å². The molecule has 2 rings (SSSR count). The molecule has 0 fully saturated rings. The Labute approximate surface area is 152 Å². The van der Waals surface area contributed by atoms with Gasteiger partial charge in [0.25, 0.3) is 0 Å². The Morgan fingerprint density at radius 1 is 1.08 bits per heavy atom. The van der Waals surface area contributed by atoms with E-state index < -0.39 is 12.0 Å². The van der Waals surface area contributed by atoms with Crippen molar-refractivity contribution in [3.63, 3.8) is 0 Å². The standard InChI is InChI=1S/C20H23NO5/c1-25-16-12-11-14(17(13-16)26-2)9-6-10-18(22)21-19(20(23)24)15-7-4-3-5-8-15/h3-5,7-8,11-13,19H,6,9-10H2,1-2H3,(H,21,22)(H,23,24)/t19-/m0/s1. The van der Waals surface area contributed by atoms with Crippen molar-refractivity contribution in [3.8, 4) is 11.5 Å². The zero-order valence-corrected chi connectivity index (χ0v) is 14.9. The average Bonchev–Trinajstić information content (AvgIpc) is 2.66. The van der Waals surface area contributed by atoms with Crippen molar-refractivity contribution in [3.05, 3.63) is 59.7 Å². The first-order chi connectivity index (χ1) is 12.5. The van der Waals surface area contributed by atoms with E-state index in [4.69, 9.17) is 9.47 Å². The Hall–Kier alpha value is -3.02. The molecule has 26 heavy (non-hydrogen) atoms. The minimum Gasteiger partial charge on any atom is -0.497 e. The third-order valence-corrected chi connectivity index (χ3v) is 4.03. The van der Waals surface area contributed by atoms with Gasteiger partial charge in [0.05, 0.1) is 14.2 Å². The van der Waals surface area contributed by atoms with E-state index in [0.29, 0.717) is 29.9 Å².